The van der Waals surface area contributed by atoms with Crippen LogP contribution in [0.2, 0.25) is 0 Å². The van der Waals surface area contributed by atoms with Crippen molar-refractivity contribution < 1.29 is 22.7 Å². The van der Waals surface area contributed by atoms with Crippen LogP contribution in [-0.2, 0) is 14.8 Å². The van der Waals surface area contributed by atoms with E-state index in [0.717, 1.165) is 12.8 Å². The zero-order valence-corrected chi connectivity index (χ0v) is 11.7. The Kier molecular flexibility index (Phi) is 4.15. The molecule has 0 bridgehead atoms. The van der Waals surface area contributed by atoms with Crippen molar-refractivity contribution in [2.75, 3.05) is 25.5 Å². The monoisotopic (exact) mass is 293 g/mol. The quantitative estimate of drug-likeness (QED) is 0.748. The van der Waals surface area contributed by atoms with Crippen LogP contribution in [-0.4, -0.2) is 49.3 Å². The number of aliphatic carboxylic acids is 1. The molecule has 2 fully saturated rings. The molecule has 0 aromatic rings. The molecule has 0 unspecified atom stereocenters. The third-order valence-electron chi connectivity index (χ3n) is 4.44. The molecule has 2 rings (SSSR count). The molecule has 1 saturated carbocycles. The average Bonchev–Trinajstić information content (AvgIpc) is 2.86. The van der Waals surface area contributed by atoms with Crippen LogP contribution in [0.3, 0.4) is 0 Å². The van der Waals surface area contributed by atoms with Crippen molar-refractivity contribution >= 4 is 16.0 Å². The fourth-order valence-corrected chi connectivity index (χ4v) is 4.97. The molecule has 0 aromatic carbocycles. The summed E-state index contributed by atoms with van der Waals surface area (Å²) in [5.74, 6) is -1.03. The Balaban J connectivity index is 2.07. The standard InChI is InChI=1S/C12H20FNO4S/c13-6-1-2-7-19(17,18)14-8-10-4-3-5-12(10,9-14)11(15)16/h10H,1-9H2,(H,15,16)/t10-,12+/m0/s1. The molecule has 1 saturated heterocycles. The van der Waals surface area contributed by atoms with Gasteiger partial charge in [-0.1, -0.05) is 6.42 Å². The van der Waals surface area contributed by atoms with Gasteiger partial charge in [-0.3, -0.25) is 9.18 Å². The van der Waals surface area contributed by atoms with Crippen molar-refractivity contribution in [3.05, 3.63) is 0 Å². The van der Waals surface area contributed by atoms with Crippen molar-refractivity contribution in [2.45, 2.75) is 32.1 Å². The van der Waals surface area contributed by atoms with E-state index in [-0.39, 0.29) is 24.6 Å². The summed E-state index contributed by atoms with van der Waals surface area (Å²) in [6.45, 7) is -0.119. The summed E-state index contributed by atoms with van der Waals surface area (Å²) in [5.41, 5.74) is -0.882. The number of hydrogen-bond acceptors (Lipinski definition) is 3. The van der Waals surface area contributed by atoms with Gasteiger partial charge >= 0.3 is 5.97 Å². The van der Waals surface area contributed by atoms with E-state index in [0.29, 0.717) is 19.4 Å². The average molecular weight is 293 g/mol. The highest BCUT2D eigenvalue weighted by Crippen LogP contribution is 2.49. The van der Waals surface area contributed by atoms with Crippen LogP contribution in [0, 0.1) is 11.3 Å². The fourth-order valence-electron chi connectivity index (χ4n) is 3.31. The van der Waals surface area contributed by atoms with Gasteiger partial charge in [-0.25, -0.2) is 12.7 Å². The number of fused-ring (bicyclic) bond motifs is 1. The van der Waals surface area contributed by atoms with Gasteiger partial charge in [0.05, 0.1) is 17.8 Å². The van der Waals surface area contributed by atoms with Crippen molar-refractivity contribution in [2.24, 2.45) is 11.3 Å². The zero-order valence-electron chi connectivity index (χ0n) is 10.8. The fraction of sp³-hybridized carbons (Fsp3) is 0.917. The minimum absolute atomic E-state index is 0.0686. The van der Waals surface area contributed by atoms with Gasteiger partial charge in [-0.2, -0.15) is 0 Å². The molecule has 0 aromatic heterocycles. The topological polar surface area (TPSA) is 74.7 Å². The molecule has 0 amide bonds. The van der Waals surface area contributed by atoms with Gasteiger partial charge in [0.25, 0.3) is 0 Å². The number of carbonyl (C=O) groups is 1. The Morgan fingerprint density at radius 3 is 2.74 bits per heavy atom. The number of halogens is 1. The van der Waals surface area contributed by atoms with Crippen LogP contribution >= 0.6 is 0 Å². The third kappa shape index (κ3) is 2.63. The summed E-state index contributed by atoms with van der Waals surface area (Å²) in [6.07, 6.45) is 2.72. The first-order valence-electron chi connectivity index (χ1n) is 6.69. The third-order valence-corrected chi connectivity index (χ3v) is 6.31. The van der Waals surface area contributed by atoms with E-state index in [4.69, 9.17) is 0 Å². The Morgan fingerprint density at radius 2 is 2.16 bits per heavy atom. The molecular weight excluding hydrogens is 273 g/mol. The molecule has 5 nitrogen and oxygen atoms in total. The van der Waals surface area contributed by atoms with Gasteiger partial charge in [-0.15, -0.1) is 0 Å². The lowest BCUT2D eigenvalue weighted by Gasteiger charge is -2.23. The van der Waals surface area contributed by atoms with Crippen molar-refractivity contribution in [3.63, 3.8) is 0 Å². The molecule has 0 spiro atoms. The molecule has 2 atom stereocenters. The summed E-state index contributed by atoms with van der Waals surface area (Å²) in [5, 5.41) is 9.40. The van der Waals surface area contributed by atoms with E-state index in [2.05, 4.69) is 0 Å². The molecule has 1 aliphatic carbocycles. The summed E-state index contributed by atoms with van der Waals surface area (Å²) >= 11 is 0. The lowest BCUT2D eigenvalue weighted by Crippen LogP contribution is -2.37. The predicted octanol–water partition coefficient (Wildman–Crippen LogP) is 1.25. The van der Waals surface area contributed by atoms with E-state index in [1.165, 1.54) is 4.31 Å². The predicted molar refractivity (Wildman–Crippen MR) is 68.0 cm³/mol. The minimum atomic E-state index is -3.44. The second-order valence-electron chi connectivity index (χ2n) is 5.56. The molecular formula is C12H20FNO4S. The van der Waals surface area contributed by atoms with Crippen LogP contribution < -0.4 is 0 Å². The summed E-state index contributed by atoms with van der Waals surface area (Å²) < 4.78 is 37.6. The molecule has 1 aliphatic heterocycles. The number of alkyl halides is 1. The molecule has 1 N–H and O–H groups in total. The highest BCUT2D eigenvalue weighted by atomic mass is 32.2. The largest absolute Gasteiger partial charge is 0.481 e. The van der Waals surface area contributed by atoms with E-state index >= 15 is 0 Å². The number of rotatable bonds is 6. The van der Waals surface area contributed by atoms with Gasteiger partial charge in [0, 0.05) is 13.1 Å². The maximum Gasteiger partial charge on any atom is 0.311 e. The van der Waals surface area contributed by atoms with Crippen LogP contribution in [0.1, 0.15) is 32.1 Å². The van der Waals surface area contributed by atoms with Gasteiger partial charge in [0.15, 0.2) is 0 Å². The van der Waals surface area contributed by atoms with E-state index in [1.807, 2.05) is 0 Å². The van der Waals surface area contributed by atoms with Gasteiger partial charge in [-0.05, 0) is 31.6 Å². The Labute approximate surface area is 112 Å². The molecule has 1 heterocycles. The normalized spacial score (nSPS) is 31.5. The maximum atomic E-state index is 12.1. The Hall–Kier alpha value is -0.690. The maximum absolute atomic E-state index is 12.1. The van der Waals surface area contributed by atoms with Crippen LogP contribution in [0.25, 0.3) is 0 Å². The van der Waals surface area contributed by atoms with Gasteiger partial charge < -0.3 is 5.11 Å². The van der Waals surface area contributed by atoms with Crippen LogP contribution in [0.4, 0.5) is 4.39 Å². The van der Waals surface area contributed by atoms with Crippen molar-refractivity contribution in [1.29, 1.82) is 0 Å². The second-order valence-corrected chi connectivity index (χ2v) is 7.64. The summed E-state index contributed by atoms with van der Waals surface area (Å²) in [6, 6.07) is 0. The number of unbranched alkanes of at least 4 members (excludes halogenated alkanes) is 1. The van der Waals surface area contributed by atoms with E-state index < -0.39 is 28.1 Å². The lowest BCUT2D eigenvalue weighted by molar-refractivity contribution is -0.149. The molecule has 0 radical (unpaired) electrons. The first-order chi connectivity index (χ1) is 8.92. The number of carboxylic acids is 1. The number of sulfonamides is 1. The van der Waals surface area contributed by atoms with E-state index in [1.54, 1.807) is 0 Å². The number of carboxylic acid groups (broad SMARTS) is 1. The van der Waals surface area contributed by atoms with Crippen molar-refractivity contribution in [3.8, 4) is 0 Å². The number of hydrogen-bond donors (Lipinski definition) is 1. The van der Waals surface area contributed by atoms with Crippen LogP contribution in [0.5, 0.6) is 0 Å². The zero-order chi connectivity index (χ0) is 14.1. The highest BCUT2D eigenvalue weighted by Gasteiger charge is 2.56. The smallest absolute Gasteiger partial charge is 0.311 e. The Morgan fingerprint density at radius 1 is 1.42 bits per heavy atom. The lowest BCUT2D eigenvalue weighted by atomic mass is 9.81. The Bertz CT molecular complexity index is 453. The van der Waals surface area contributed by atoms with E-state index in [9.17, 15) is 22.7 Å². The summed E-state index contributed by atoms with van der Waals surface area (Å²) in [7, 11) is -3.44. The highest BCUT2D eigenvalue weighted by molar-refractivity contribution is 7.89. The van der Waals surface area contributed by atoms with Gasteiger partial charge in [0.1, 0.15) is 0 Å². The first kappa shape index (κ1) is 14.7. The molecule has 19 heavy (non-hydrogen) atoms. The molecule has 110 valence electrons. The van der Waals surface area contributed by atoms with Gasteiger partial charge in [0.2, 0.25) is 10.0 Å². The first-order valence-corrected chi connectivity index (χ1v) is 8.30. The van der Waals surface area contributed by atoms with Crippen LogP contribution in [0.15, 0.2) is 0 Å². The number of nitrogens with zero attached hydrogens (tertiary/aromatic N) is 1. The molecule has 2 aliphatic rings. The molecule has 7 heteroatoms. The van der Waals surface area contributed by atoms with Crippen molar-refractivity contribution in [1.82, 2.24) is 4.31 Å². The SMILES string of the molecule is O=C(O)[C@@]12CCC[C@H]1CN(S(=O)(=O)CCCCF)C2. The summed E-state index contributed by atoms with van der Waals surface area (Å²) in [4.78, 5) is 11.5. The minimum Gasteiger partial charge on any atom is -0.481 e. The second kappa shape index (κ2) is 5.36.